The number of anilines is 2. The summed E-state index contributed by atoms with van der Waals surface area (Å²) in [4.78, 5) is 9.28. The van der Waals surface area contributed by atoms with Gasteiger partial charge in [-0.25, -0.2) is 0 Å². The van der Waals surface area contributed by atoms with Gasteiger partial charge in [0.2, 0.25) is 0 Å². The zero-order valence-corrected chi connectivity index (χ0v) is 19.6. The monoisotopic (exact) mass is 447 g/mol. The van der Waals surface area contributed by atoms with Gasteiger partial charge in [0.1, 0.15) is 0 Å². The quantitative estimate of drug-likeness (QED) is 0.609. The molecule has 0 saturated carbocycles. The summed E-state index contributed by atoms with van der Waals surface area (Å²) < 4.78 is 7.74. The molecule has 2 fully saturated rings. The first kappa shape index (κ1) is 21.0. The van der Waals surface area contributed by atoms with Crippen molar-refractivity contribution in [1.29, 1.82) is 0 Å². The predicted molar refractivity (Wildman–Crippen MR) is 132 cm³/mol. The average molecular weight is 448 g/mol. The standard InChI is InChI=1S/C25H29N5OS/c1-17-16-21(18(2)28(17)3)24-23(22-6-4-5-11-26-22)27-25(32)30(24)20-9-7-19(8-10-20)29-12-14-31-15-13-29/h4-11,16,23-24H,12-15H2,1-3H3,(H,27,32)/t23-,24-/m1/s1. The molecule has 0 aliphatic carbocycles. The number of thiocarbonyl (C=S) groups is 1. The number of pyridine rings is 1. The average Bonchev–Trinajstić information content (AvgIpc) is 3.31. The topological polar surface area (TPSA) is 45.6 Å². The summed E-state index contributed by atoms with van der Waals surface area (Å²) in [6.07, 6.45) is 1.85. The Morgan fingerprint density at radius 3 is 2.38 bits per heavy atom. The summed E-state index contributed by atoms with van der Waals surface area (Å²) in [5, 5.41) is 4.29. The predicted octanol–water partition coefficient (Wildman–Crippen LogP) is 4.05. The highest BCUT2D eigenvalue weighted by molar-refractivity contribution is 7.80. The second-order valence-corrected chi connectivity index (χ2v) is 8.88. The minimum atomic E-state index is -0.0249. The van der Waals surface area contributed by atoms with Crippen molar-refractivity contribution < 1.29 is 4.74 Å². The zero-order chi connectivity index (χ0) is 22.2. The molecule has 166 valence electrons. The number of nitrogens with zero attached hydrogens (tertiary/aromatic N) is 4. The van der Waals surface area contributed by atoms with Crippen molar-refractivity contribution in [3.8, 4) is 0 Å². The molecule has 6 nitrogen and oxygen atoms in total. The van der Waals surface area contributed by atoms with Crippen LogP contribution in [0, 0.1) is 13.8 Å². The molecule has 7 heteroatoms. The SMILES string of the molecule is Cc1cc([C@@H]2[C@@H](c3ccccn3)NC(=S)N2c2ccc(N3CCOCC3)cc2)c(C)n1C. The fourth-order valence-corrected chi connectivity index (χ4v) is 5.12. The maximum Gasteiger partial charge on any atom is 0.174 e. The zero-order valence-electron chi connectivity index (χ0n) is 18.8. The van der Waals surface area contributed by atoms with Gasteiger partial charge in [-0.2, -0.15) is 0 Å². The number of nitrogens with one attached hydrogen (secondary N) is 1. The summed E-state index contributed by atoms with van der Waals surface area (Å²) in [5.41, 5.74) is 7.05. The molecular formula is C25H29N5OS. The van der Waals surface area contributed by atoms with E-state index in [1.807, 2.05) is 18.3 Å². The molecule has 5 rings (SSSR count). The second kappa shape index (κ2) is 8.56. The molecule has 2 aromatic heterocycles. The van der Waals surface area contributed by atoms with Gasteiger partial charge in [0.05, 0.1) is 31.0 Å². The smallest absolute Gasteiger partial charge is 0.174 e. The van der Waals surface area contributed by atoms with Crippen molar-refractivity contribution in [3.05, 3.63) is 77.4 Å². The largest absolute Gasteiger partial charge is 0.378 e. The number of aromatic nitrogens is 2. The molecular weight excluding hydrogens is 418 g/mol. The van der Waals surface area contributed by atoms with Crippen LogP contribution >= 0.6 is 12.2 Å². The van der Waals surface area contributed by atoms with E-state index in [4.69, 9.17) is 17.0 Å². The molecule has 0 spiro atoms. The molecule has 3 aromatic rings. The van der Waals surface area contributed by atoms with E-state index in [0.717, 1.165) is 42.8 Å². The normalized spacial score (nSPS) is 21.2. The van der Waals surface area contributed by atoms with Crippen LogP contribution in [0.3, 0.4) is 0 Å². The van der Waals surface area contributed by atoms with Crippen molar-refractivity contribution in [1.82, 2.24) is 14.9 Å². The molecule has 2 atom stereocenters. The Labute approximate surface area is 194 Å². The van der Waals surface area contributed by atoms with Gasteiger partial charge in [0.25, 0.3) is 0 Å². The summed E-state index contributed by atoms with van der Waals surface area (Å²) >= 11 is 5.87. The number of benzene rings is 1. The number of morpholine rings is 1. The van der Waals surface area contributed by atoms with Crippen LogP contribution in [-0.2, 0) is 11.8 Å². The van der Waals surface area contributed by atoms with Gasteiger partial charge in [-0.1, -0.05) is 6.07 Å². The molecule has 0 amide bonds. The van der Waals surface area contributed by atoms with E-state index in [9.17, 15) is 0 Å². The summed E-state index contributed by atoms with van der Waals surface area (Å²) in [7, 11) is 2.12. The van der Waals surface area contributed by atoms with Crippen LogP contribution in [0.2, 0.25) is 0 Å². The molecule has 0 unspecified atom stereocenters. The molecule has 4 heterocycles. The van der Waals surface area contributed by atoms with E-state index in [0.29, 0.717) is 0 Å². The van der Waals surface area contributed by atoms with E-state index in [-0.39, 0.29) is 12.1 Å². The van der Waals surface area contributed by atoms with Crippen LogP contribution in [0.1, 0.15) is 34.7 Å². The van der Waals surface area contributed by atoms with Gasteiger partial charge in [0, 0.05) is 49.1 Å². The van der Waals surface area contributed by atoms with Crippen LogP contribution in [-0.4, -0.2) is 41.0 Å². The molecule has 0 bridgehead atoms. The Balaban J connectivity index is 1.55. The second-order valence-electron chi connectivity index (χ2n) is 8.50. The fourth-order valence-electron chi connectivity index (χ4n) is 4.78. The Kier molecular flexibility index (Phi) is 5.61. The Bertz CT molecular complexity index is 1110. The third-order valence-corrected chi connectivity index (χ3v) is 7.05. The maximum atomic E-state index is 5.87. The van der Waals surface area contributed by atoms with E-state index in [1.54, 1.807) is 0 Å². The Hall–Kier alpha value is -2.90. The van der Waals surface area contributed by atoms with Crippen LogP contribution < -0.4 is 15.1 Å². The van der Waals surface area contributed by atoms with Crippen molar-refractivity contribution in [2.24, 2.45) is 7.05 Å². The molecule has 1 N–H and O–H groups in total. The minimum Gasteiger partial charge on any atom is -0.378 e. The van der Waals surface area contributed by atoms with Gasteiger partial charge < -0.3 is 24.4 Å². The van der Waals surface area contributed by atoms with Crippen molar-refractivity contribution >= 4 is 28.7 Å². The van der Waals surface area contributed by atoms with Crippen LogP contribution in [0.5, 0.6) is 0 Å². The van der Waals surface area contributed by atoms with Gasteiger partial charge in [0.15, 0.2) is 5.11 Å². The van der Waals surface area contributed by atoms with E-state index in [2.05, 4.69) is 82.0 Å². The number of ether oxygens (including phenoxy) is 1. The lowest BCUT2D eigenvalue weighted by Gasteiger charge is -2.31. The van der Waals surface area contributed by atoms with Crippen LogP contribution in [0.25, 0.3) is 0 Å². The summed E-state index contributed by atoms with van der Waals surface area (Å²) in [6, 6.07) is 17.1. The molecule has 2 aliphatic rings. The van der Waals surface area contributed by atoms with Crippen molar-refractivity contribution in [2.75, 3.05) is 36.1 Å². The van der Waals surface area contributed by atoms with Crippen LogP contribution in [0.4, 0.5) is 11.4 Å². The first-order valence-corrected chi connectivity index (χ1v) is 11.5. The van der Waals surface area contributed by atoms with E-state index < -0.39 is 0 Å². The third kappa shape index (κ3) is 3.65. The lowest BCUT2D eigenvalue weighted by atomic mass is 9.96. The Morgan fingerprint density at radius 1 is 1.03 bits per heavy atom. The van der Waals surface area contributed by atoms with Crippen molar-refractivity contribution in [3.63, 3.8) is 0 Å². The van der Waals surface area contributed by atoms with Crippen LogP contribution in [0.15, 0.2) is 54.7 Å². The molecule has 1 aromatic carbocycles. The number of hydrogen-bond donors (Lipinski definition) is 1. The molecule has 32 heavy (non-hydrogen) atoms. The minimum absolute atomic E-state index is 0.0199. The highest BCUT2D eigenvalue weighted by Crippen LogP contribution is 2.43. The van der Waals surface area contributed by atoms with E-state index in [1.165, 1.54) is 22.6 Å². The van der Waals surface area contributed by atoms with Gasteiger partial charge in [-0.05, 0) is 74.1 Å². The number of aryl methyl sites for hydroxylation is 1. The summed E-state index contributed by atoms with van der Waals surface area (Å²) in [6.45, 7) is 7.74. The first-order chi connectivity index (χ1) is 15.5. The first-order valence-electron chi connectivity index (χ1n) is 11.1. The maximum absolute atomic E-state index is 5.87. The van der Waals surface area contributed by atoms with Gasteiger partial charge in [-0.3, -0.25) is 4.98 Å². The highest BCUT2D eigenvalue weighted by Gasteiger charge is 2.42. The molecule has 2 aliphatic heterocycles. The highest BCUT2D eigenvalue weighted by atomic mass is 32.1. The fraction of sp³-hybridized carbons (Fsp3) is 0.360. The van der Waals surface area contributed by atoms with E-state index >= 15 is 0 Å². The van der Waals surface area contributed by atoms with Gasteiger partial charge >= 0.3 is 0 Å². The summed E-state index contributed by atoms with van der Waals surface area (Å²) in [5.74, 6) is 0. The number of rotatable bonds is 4. The molecule has 0 radical (unpaired) electrons. The number of hydrogen-bond acceptors (Lipinski definition) is 4. The Morgan fingerprint density at radius 2 is 1.75 bits per heavy atom. The van der Waals surface area contributed by atoms with Crippen molar-refractivity contribution in [2.45, 2.75) is 25.9 Å². The lowest BCUT2D eigenvalue weighted by molar-refractivity contribution is 0.122. The third-order valence-electron chi connectivity index (χ3n) is 6.74. The molecule has 2 saturated heterocycles. The van der Waals surface area contributed by atoms with Gasteiger partial charge in [-0.15, -0.1) is 0 Å². The lowest BCUT2D eigenvalue weighted by Crippen LogP contribution is -2.36.